The minimum atomic E-state index is -0.532. The first-order chi connectivity index (χ1) is 15.0. The molecule has 2 aliphatic rings. The van der Waals surface area contributed by atoms with Gasteiger partial charge >= 0.3 is 0 Å². The lowest BCUT2D eigenvalue weighted by Crippen LogP contribution is -2.56. The van der Waals surface area contributed by atoms with Gasteiger partial charge in [0.05, 0.1) is 30.7 Å². The molecular formula is C23H25N5O3. The van der Waals surface area contributed by atoms with E-state index in [0.717, 1.165) is 17.2 Å². The molecule has 31 heavy (non-hydrogen) atoms. The number of nitrogens with zero attached hydrogens (tertiary/aromatic N) is 4. The second-order valence-electron chi connectivity index (χ2n) is 8.40. The summed E-state index contributed by atoms with van der Waals surface area (Å²) in [5.41, 5.74) is 1.39. The summed E-state index contributed by atoms with van der Waals surface area (Å²) in [6.07, 6.45) is 5.96. The molecule has 2 amide bonds. The molecule has 2 aliphatic heterocycles. The Hall–Kier alpha value is -3.55. The van der Waals surface area contributed by atoms with Crippen LogP contribution in [0, 0.1) is 0 Å². The van der Waals surface area contributed by atoms with Gasteiger partial charge in [0.15, 0.2) is 11.6 Å². The molecule has 5 rings (SSSR count). The molecule has 160 valence electrons. The van der Waals surface area contributed by atoms with E-state index < -0.39 is 5.54 Å². The van der Waals surface area contributed by atoms with E-state index in [1.165, 1.54) is 6.26 Å². The molecule has 1 fully saturated rings. The van der Waals surface area contributed by atoms with Gasteiger partial charge in [-0.25, -0.2) is 4.98 Å². The number of likely N-dealkylation sites (tertiary alicyclic amines) is 1. The SMILES string of the molecule is CC(C)NC(=O)CN1c2cccnc2-n2cccc2C12CCN(C(=O)c1ccco1)C2. The van der Waals surface area contributed by atoms with Gasteiger partial charge in [-0.15, -0.1) is 0 Å². The Morgan fingerprint density at radius 3 is 2.87 bits per heavy atom. The minimum Gasteiger partial charge on any atom is -0.459 e. The summed E-state index contributed by atoms with van der Waals surface area (Å²) in [6.45, 7) is 5.11. The molecule has 1 atom stereocenters. The van der Waals surface area contributed by atoms with E-state index in [9.17, 15) is 9.59 Å². The summed E-state index contributed by atoms with van der Waals surface area (Å²) < 4.78 is 7.42. The average molecular weight is 419 g/mol. The average Bonchev–Trinajstić information content (AvgIpc) is 3.51. The third-order valence-electron chi connectivity index (χ3n) is 6.05. The van der Waals surface area contributed by atoms with Crippen LogP contribution in [0.4, 0.5) is 5.69 Å². The number of hydrogen-bond donors (Lipinski definition) is 1. The van der Waals surface area contributed by atoms with Crippen LogP contribution in [-0.2, 0) is 10.3 Å². The molecule has 1 spiro atoms. The first kappa shape index (κ1) is 19.4. The van der Waals surface area contributed by atoms with E-state index >= 15 is 0 Å². The fourth-order valence-electron chi connectivity index (χ4n) is 4.80. The molecule has 1 unspecified atom stereocenters. The van der Waals surface area contributed by atoms with Gasteiger partial charge < -0.3 is 24.1 Å². The monoisotopic (exact) mass is 419 g/mol. The summed E-state index contributed by atoms with van der Waals surface area (Å²) in [5.74, 6) is 0.930. The lowest BCUT2D eigenvalue weighted by atomic mass is 9.88. The molecule has 0 bridgehead atoms. The highest BCUT2D eigenvalue weighted by molar-refractivity contribution is 5.92. The molecule has 8 heteroatoms. The van der Waals surface area contributed by atoms with Crippen molar-refractivity contribution in [1.82, 2.24) is 19.8 Å². The summed E-state index contributed by atoms with van der Waals surface area (Å²) in [7, 11) is 0. The van der Waals surface area contributed by atoms with Gasteiger partial charge in [-0.2, -0.15) is 0 Å². The zero-order valence-electron chi connectivity index (χ0n) is 17.6. The van der Waals surface area contributed by atoms with Gasteiger partial charge in [0.25, 0.3) is 5.91 Å². The predicted molar refractivity (Wildman–Crippen MR) is 115 cm³/mol. The van der Waals surface area contributed by atoms with Crippen LogP contribution in [0.2, 0.25) is 0 Å². The van der Waals surface area contributed by atoms with Crippen molar-refractivity contribution < 1.29 is 14.0 Å². The number of furan rings is 1. The van der Waals surface area contributed by atoms with Crippen molar-refractivity contribution in [2.75, 3.05) is 24.5 Å². The molecule has 1 saturated heterocycles. The second-order valence-corrected chi connectivity index (χ2v) is 8.40. The Kier molecular flexibility index (Phi) is 4.57. The predicted octanol–water partition coefficient (Wildman–Crippen LogP) is 2.55. The van der Waals surface area contributed by atoms with E-state index in [1.54, 1.807) is 18.3 Å². The zero-order valence-corrected chi connectivity index (χ0v) is 17.6. The molecule has 3 aromatic heterocycles. The highest BCUT2D eigenvalue weighted by Crippen LogP contribution is 2.47. The van der Waals surface area contributed by atoms with Gasteiger partial charge in [-0.1, -0.05) is 0 Å². The summed E-state index contributed by atoms with van der Waals surface area (Å²) >= 11 is 0. The van der Waals surface area contributed by atoms with Crippen LogP contribution in [0.5, 0.6) is 0 Å². The van der Waals surface area contributed by atoms with Crippen molar-refractivity contribution in [3.05, 3.63) is 66.5 Å². The van der Waals surface area contributed by atoms with Crippen LogP contribution >= 0.6 is 0 Å². The summed E-state index contributed by atoms with van der Waals surface area (Å²) in [5, 5.41) is 3.00. The Morgan fingerprint density at radius 2 is 2.10 bits per heavy atom. The molecule has 0 aromatic carbocycles. The lowest BCUT2D eigenvalue weighted by molar-refractivity contribution is -0.120. The molecular weight excluding hydrogens is 394 g/mol. The second kappa shape index (κ2) is 7.30. The van der Waals surface area contributed by atoms with E-state index in [1.807, 2.05) is 43.1 Å². The molecule has 8 nitrogen and oxygen atoms in total. The fourth-order valence-corrected chi connectivity index (χ4v) is 4.80. The normalized spacial score (nSPS) is 19.6. The van der Waals surface area contributed by atoms with Crippen LogP contribution in [0.25, 0.3) is 5.82 Å². The number of fused-ring (bicyclic) bond motifs is 4. The first-order valence-corrected chi connectivity index (χ1v) is 10.5. The number of amides is 2. The van der Waals surface area contributed by atoms with Crippen molar-refractivity contribution >= 4 is 17.5 Å². The molecule has 5 heterocycles. The number of anilines is 1. The van der Waals surface area contributed by atoms with E-state index in [-0.39, 0.29) is 24.4 Å². The van der Waals surface area contributed by atoms with Crippen molar-refractivity contribution in [2.24, 2.45) is 0 Å². The van der Waals surface area contributed by atoms with E-state index in [4.69, 9.17) is 4.42 Å². The van der Waals surface area contributed by atoms with Gasteiger partial charge in [0, 0.05) is 25.0 Å². The van der Waals surface area contributed by atoms with Crippen LogP contribution in [0.3, 0.4) is 0 Å². The minimum absolute atomic E-state index is 0.0473. The maximum absolute atomic E-state index is 13.0. The lowest BCUT2D eigenvalue weighted by Gasteiger charge is -2.46. The van der Waals surface area contributed by atoms with Crippen molar-refractivity contribution in [3.8, 4) is 5.82 Å². The molecule has 0 aliphatic carbocycles. The standard InChI is InChI=1S/C23H25N5O3/c1-16(2)25-20(29)14-28-17-6-3-10-24-21(17)27-11-4-8-19(27)23(28)9-12-26(15-23)22(30)18-7-5-13-31-18/h3-8,10-11,13,16H,9,12,14-15H2,1-2H3,(H,25,29). The third kappa shape index (κ3) is 3.10. The number of carbonyl (C=O) groups is 2. The molecule has 1 N–H and O–H groups in total. The summed E-state index contributed by atoms with van der Waals surface area (Å²) in [6, 6.07) is 11.4. The van der Waals surface area contributed by atoms with Crippen LogP contribution in [-0.4, -0.2) is 51.9 Å². The first-order valence-electron chi connectivity index (χ1n) is 10.5. The maximum Gasteiger partial charge on any atom is 0.289 e. The van der Waals surface area contributed by atoms with Gasteiger partial charge in [-0.3, -0.25) is 9.59 Å². The van der Waals surface area contributed by atoms with E-state index in [2.05, 4.69) is 25.8 Å². The number of nitrogens with one attached hydrogen (secondary N) is 1. The maximum atomic E-state index is 13.0. The van der Waals surface area contributed by atoms with E-state index in [0.29, 0.717) is 25.3 Å². The van der Waals surface area contributed by atoms with Crippen molar-refractivity contribution in [1.29, 1.82) is 0 Å². The Morgan fingerprint density at radius 1 is 1.23 bits per heavy atom. The zero-order chi connectivity index (χ0) is 21.6. The van der Waals surface area contributed by atoms with Crippen molar-refractivity contribution in [2.45, 2.75) is 31.8 Å². The van der Waals surface area contributed by atoms with Gasteiger partial charge in [0.1, 0.15) is 5.54 Å². The number of aromatic nitrogens is 2. The van der Waals surface area contributed by atoms with Gasteiger partial charge in [-0.05, 0) is 56.7 Å². The Balaban J connectivity index is 1.57. The number of carbonyl (C=O) groups excluding carboxylic acids is 2. The van der Waals surface area contributed by atoms with Crippen LogP contribution in [0.15, 0.2) is 59.5 Å². The fraction of sp³-hybridized carbons (Fsp3) is 0.348. The van der Waals surface area contributed by atoms with Crippen LogP contribution < -0.4 is 10.2 Å². The molecule has 0 saturated carbocycles. The Labute approximate surface area is 180 Å². The number of hydrogen-bond acceptors (Lipinski definition) is 5. The van der Waals surface area contributed by atoms with Crippen LogP contribution in [0.1, 0.15) is 36.5 Å². The van der Waals surface area contributed by atoms with Crippen molar-refractivity contribution in [3.63, 3.8) is 0 Å². The number of pyridine rings is 1. The number of rotatable bonds is 4. The largest absolute Gasteiger partial charge is 0.459 e. The smallest absolute Gasteiger partial charge is 0.289 e. The Bertz CT molecular complexity index is 1120. The summed E-state index contributed by atoms with van der Waals surface area (Å²) in [4.78, 5) is 34.4. The van der Waals surface area contributed by atoms with Gasteiger partial charge in [0.2, 0.25) is 5.91 Å². The highest BCUT2D eigenvalue weighted by atomic mass is 16.3. The quantitative estimate of drug-likeness (QED) is 0.703. The highest BCUT2D eigenvalue weighted by Gasteiger charge is 2.51. The third-order valence-corrected chi connectivity index (χ3v) is 6.05. The topological polar surface area (TPSA) is 83.6 Å². The molecule has 0 radical (unpaired) electrons. The molecule has 3 aromatic rings.